The number of aryl methyl sites for hydroxylation is 1. The number of guanidine groups is 1. The Labute approximate surface area is 173 Å². The van der Waals surface area contributed by atoms with Crippen molar-refractivity contribution in [3.05, 3.63) is 65.5 Å². The van der Waals surface area contributed by atoms with Crippen molar-refractivity contribution in [1.82, 2.24) is 10.6 Å². The van der Waals surface area contributed by atoms with E-state index >= 15 is 0 Å². The zero-order valence-electron chi connectivity index (χ0n) is 17.2. The lowest BCUT2D eigenvalue weighted by molar-refractivity contribution is 0.122. The quantitative estimate of drug-likeness (QED) is 0.407. The van der Waals surface area contributed by atoms with Crippen molar-refractivity contribution in [3.63, 3.8) is 0 Å². The molecule has 1 aliphatic heterocycles. The van der Waals surface area contributed by atoms with Gasteiger partial charge in [-0.15, -0.1) is 0 Å². The van der Waals surface area contributed by atoms with Gasteiger partial charge in [-0.25, -0.2) is 9.38 Å². The third-order valence-corrected chi connectivity index (χ3v) is 4.91. The van der Waals surface area contributed by atoms with Crippen LogP contribution in [0, 0.1) is 5.82 Å². The van der Waals surface area contributed by atoms with E-state index in [9.17, 15) is 4.39 Å². The Morgan fingerprint density at radius 3 is 2.59 bits per heavy atom. The van der Waals surface area contributed by atoms with Gasteiger partial charge in [-0.2, -0.15) is 0 Å². The smallest absolute Gasteiger partial charge is 0.191 e. The lowest BCUT2D eigenvalue weighted by Gasteiger charge is -2.29. The fourth-order valence-corrected chi connectivity index (χ4v) is 3.37. The number of ether oxygens (including phenoxy) is 1. The molecule has 1 fully saturated rings. The average molecular weight is 399 g/mol. The Morgan fingerprint density at radius 2 is 1.86 bits per heavy atom. The van der Waals surface area contributed by atoms with Gasteiger partial charge in [0.25, 0.3) is 0 Å². The first-order valence-electron chi connectivity index (χ1n) is 10.4. The molecule has 0 aromatic heterocycles. The zero-order valence-corrected chi connectivity index (χ0v) is 17.2. The van der Waals surface area contributed by atoms with Crippen molar-refractivity contribution < 1.29 is 9.13 Å². The van der Waals surface area contributed by atoms with Crippen molar-refractivity contribution >= 4 is 11.6 Å². The molecule has 0 amide bonds. The van der Waals surface area contributed by atoms with E-state index in [0.29, 0.717) is 25.4 Å². The monoisotopic (exact) mass is 398 g/mol. The maximum absolute atomic E-state index is 14.6. The van der Waals surface area contributed by atoms with Crippen molar-refractivity contribution in [2.24, 2.45) is 4.99 Å². The minimum Gasteiger partial charge on any atom is -0.378 e. The molecule has 0 saturated carbocycles. The summed E-state index contributed by atoms with van der Waals surface area (Å²) < 4.78 is 19.9. The van der Waals surface area contributed by atoms with Crippen LogP contribution in [0.4, 0.5) is 10.1 Å². The Morgan fingerprint density at radius 1 is 1.07 bits per heavy atom. The summed E-state index contributed by atoms with van der Waals surface area (Å²) in [5.41, 5.74) is 2.85. The highest BCUT2D eigenvalue weighted by Crippen LogP contribution is 2.22. The number of benzene rings is 2. The summed E-state index contributed by atoms with van der Waals surface area (Å²) in [5.74, 6) is 0.568. The van der Waals surface area contributed by atoms with Gasteiger partial charge in [0.1, 0.15) is 5.82 Å². The van der Waals surface area contributed by atoms with Crippen LogP contribution in [0.3, 0.4) is 0 Å². The van der Waals surface area contributed by atoms with Gasteiger partial charge in [0.2, 0.25) is 0 Å². The molecule has 1 heterocycles. The van der Waals surface area contributed by atoms with E-state index in [1.807, 2.05) is 30.0 Å². The maximum atomic E-state index is 14.6. The summed E-state index contributed by atoms with van der Waals surface area (Å²) in [5, 5.41) is 6.61. The molecule has 0 bridgehead atoms. The summed E-state index contributed by atoms with van der Waals surface area (Å²) in [7, 11) is 0. The number of hydrogen-bond acceptors (Lipinski definition) is 3. The summed E-state index contributed by atoms with van der Waals surface area (Å²) in [6.45, 7) is 6.85. The van der Waals surface area contributed by atoms with E-state index < -0.39 is 0 Å². The Balaban J connectivity index is 1.51. The molecular weight excluding hydrogens is 367 g/mol. The zero-order chi connectivity index (χ0) is 20.3. The van der Waals surface area contributed by atoms with Crippen molar-refractivity contribution in [3.8, 4) is 0 Å². The average Bonchev–Trinajstić information content (AvgIpc) is 2.76. The number of aliphatic imine (C=N–C) groups is 1. The number of hydrogen-bond donors (Lipinski definition) is 2. The topological polar surface area (TPSA) is 48.9 Å². The molecule has 0 aliphatic carbocycles. The van der Waals surface area contributed by atoms with Crippen LogP contribution in [0.15, 0.2) is 53.5 Å². The molecule has 0 spiro atoms. The number of anilines is 1. The first kappa shape index (κ1) is 21.1. The van der Waals surface area contributed by atoms with E-state index in [1.54, 1.807) is 6.07 Å². The summed E-state index contributed by atoms with van der Waals surface area (Å²) in [4.78, 5) is 6.64. The minimum absolute atomic E-state index is 0.194. The van der Waals surface area contributed by atoms with Crippen LogP contribution in [0.2, 0.25) is 0 Å². The second-order valence-corrected chi connectivity index (χ2v) is 7.10. The van der Waals surface area contributed by atoms with Crippen LogP contribution in [0.1, 0.15) is 24.5 Å². The van der Waals surface area contributed by atoms with E-state index in [4.69, 9.17) is 4.74 Å². The van der Waals surface area contributed by atoms with Gasteiger partial charge < -0.3 is 20.3 Å². The number of morpholine rings is 1. The van der Waals surface area contributed by atoms with Crippen LogP contribution < -0.4 is 15.5 Å². The van der Waals surface area contributed by atoms with Crippen molar-refractivity contribution in [2.45, 2.75) is 26.3 Å². The molecule has 0 unspecified atom stereocenters. The van der Waals surface area contributed by atoms with Gasteiger partial charge in [0.15, 0.2) is 5.96 Å². The number of rotatable bonds is 8. The van der Waals surface area contributed by atoms with Gasteiger partial charge in [0, 0.05) is 26.2 Å². The SMILES string of the molecule is CCNC(=NCc1ccc(N2CCOCC2)c(F)c1)NCCCc1ccccc1. The summed E-state index contributed by atoms with van der Waals surface area (Å²) in [6, 6.07) is 15.9. The fourth-order valence-electron chi connectivity index (χ4n) is 3.37. The Kier molecular flexibility index (Phi) is 8.31. The Bertz CT molecular complexity index is 776. The standard InChI is InChI=1S/C23H31FN4O/c1-2-25-23(26-12-6-9-19-7-4-3-5-8-19)27-18-20-10-11-22(21(24)17-20)28-13-15-29-16-14-28/h3-5,7-8,10-11,17H,2,6,9,12-16,18H2,1H3,(H2,25,26,27). The first-order valence-corrected chi connectivity index (χ1v) is 10.4. The van der Waals surface area contributed by atoms with E-state index in [-0.39, 0.29) is 5.82 Å². The molecule has 2 N–H and O–H groups in total. The molecule has 1 saturated heterocycles. The van der Waals surface area contributed by atoms with Crippen LogP contribution in [0.5, 0.6) is 0 Å². The molecule has 6 heteroatoms. The van der Waals surface area contributed by atoms with Gasteiger partial charge in [-0.05, 0) is 43.0 Å². The summed E-state index contributed by atoms with van der Waals surface area (Å²) >= 11 is 0. The molecule has 3 rings (SSSR count). The largest absolute Gasteiger partial charge is 0.378 e. The normalized spacial score (nSPS) is 14.7. The van der Waals surface area contributed by atoms with Crippen LogP contribution >= 0.6 is 0 Å². The summed E-state index contributed by atoms with van der Waals surface area (Å²) in [6.07, 6.45) is 2.05. The second-order valence-electron chi connectivity index (χ2n) is 7.10. The van der Waals surface area contributed by atoms with Crippen LogP contribution in [-0.4, -0.2) is 45.4 Å². The van der Waals surface area contributed by atoms with E-state index in [0.717, 1.165) is 50.5 Å². The first-order chi connectivity index (χ1) is 14.3. The highest BCUT2D eigenvalue weighted by atomic mass is 19.1. The third-order valence-electron chi connectivity index (χ3n) is 4.91. The Hall–Kier alpha value is -2.60. The molecule has 1 aliphatic rings. The highest BCUT2D eigenvalue weighted by molar-refractivity contribution is 5.79. The van der Waals surface area contributed by atoms with Gasteiger partial charge in [-0.3, -0.25) is 0 Å². The minimum atomic E-state index is -0.194. The van der Waals surface area contributed by atoms with Crippen LogP contribution in [0.25, 0.3) is 0 Å². The number of nitrogens with one attached hydrogen (secondary N) is 2. The number of nitrogens with zero attached hydrogens (tertiary/aromatic N) is 2. The molecule has 5 nitrogen and oxygen atoms in total. The van der Waals surface area contributed by atoms with Crippen molar-refractivity contribution in [2.75, 3.05) is 44.3 Å². The predicted octanol–water partition coefficient (Wildman–Crippen LogP) is 3.35. The van der Waals surface area contributed by atoms with Crippen molar-refractivity contribution in [1.29, 1.82) is 0 Å². The maximum Gasteiger partial charge on any atom is 0.191 e. The molecule has 2 aromatic carbocycles. The molecule has 0 radical (unpaired) electrons. The third kappa shape index (κ3) is 6.75. The van der Waals surface area contributed by atoms with E-state index in [2.05, 4.69) is 39.9 Å². The lowest BCUT2D eigenvalue weighted by Crippen LogP contribution is -2.37. The second kappa shape index (κ2) is 11.4. The van der Waals surface area contributed by atoms with E-state index in [1.165, 1.54) is 5.56 Å². The predicted molar refractivity (Wildman–Crippen MR) is 117 cm³/mol. The van der Waals surface area contributed by atoms with Gasteiger partial charge in [-0.1, -0.05) is 36.4 Å². The van der Waals surface area contributed by atoms with Crippen LogP contribution in [-0.2, 0) is 17.7 Å². The lowest BCUT2D eigenvalue weighted by atomic mass is 10.1. The number of halogens is 1. The molecular formula is C23H31FN4O. The molecule has 29 heavy (non-hydrogen) atoms. The van der Waals surface area contributed by atoms with Gasteiger partial charge in [0.05, 0.1) is 25.4 Å². The molecule has 2 aromatic rings. The van der Waals surface area contributed by atoms with Gasteiger partial charge >= 0.3 is 0 Å². The highest BCUT2D eigenvalue weighted by Gasteiger charge is 2.15. The molecule has 156 valence electrons. The fraction of sp³-hybridized carbons (Fsp3) is 0.435. The molecule has 0 atom stereocenters.